The highest BCUT2D eigenvalue weighted by Crippen LogP contribution is 2.24. The number of ether oxygens (including phenoxy) is 1. The highest BCUT2D eigenvalue weighted by Gasteiger charge is 2.11. The number of aromatic carboxylic acids is 1. The first-order valence-electron chi connectivity index (χ1n) is 4.66. The van der Waals surface area contributed by atoms with E-state index in [0.717, 1.165) is 5.69 Å². The Morgan fingerprint density at radius 2 is 2.19 bits per heavy atom. The van der Waals surface area contributed by atoms with Crippen LogP contribution in [0.5, 0.6) is 5.75 Å². The third-order valence-corrected chi connectivity index (χ3v) is 2.20. The topological polar surface area (TPSA) is 72.3 Å². The molecule has 0 atom stereocenters. The predicted octanol–water partition coefficient (Wildman–Crippen LogP) is 1.65. The largest absolute Gasteiger partial charge is 0.494 e. The van der Waals surface area contributed by atoms with Crippen molar-refractivity contribution in [1.82, 2.24) is 9.97 Å². The molecular weight excluding hydrogens is 208 g/mol. The van der Waals surface area contributed by atoms with Crippen LogP contribution >= 0.6 is 0 Å². The maximum absolute atomic E-state index is 10.9. The van der Waals surface area contributed by atoms with Crippen molar-refractivity contribution < 1.29 is 14.6 Å². The van der Waals surface area contributed by atoms with E-state index < -0.39 is 5.97 Å². The molecule has 1 aromatic heterocycles. The average molecular weight is 218 g/mol. The Labute approximate surface area is 91.7 Å². The maximum atomic E-state index is 10.9. The van der Waals surface area contributed by atoms with E-state index in [2.05, 4.69) is 9.97 Å². The van der Waals surface area contributed by atoms with Crippen LogP contribution in [0.3, 0.4) is 0 Å². The van der Waals surface area contributed by atoms with Crippen molar-refractivity contribution in [2.45, 2.75) is 6.92 Å². The lowest BCUT2D eigenvalue weighted by Crippen LogP contribution is -1.99. The van der Waals surface area contributed by atoms with Crippen LogP contribution in [-0.4, -0.2) is 28.2 Å². The van der Waals surface area contributed by atoms with Crippen molar-refractivity contribution in [3.8, 4) is 5.75 Å². The van der Waals surface area contributed by atoms with Gasteiger partial charge in [0.25, 0.3) is 0 Å². The van der Waals surface area contributed by atoms with Gasteiger partial charge < -0.3 is 9.84 Å². The summed E-state index contributed by atoms with van der Waals surface area (Å²) in [6, 6.07) is 2.92. The Morgan fingerprint density at radius 3 is 2.81 bits per heavy atom. The van der Waals surface area contributed by atoms with Crippen molar-refractivity contribution >= 4 is 17.0 Å². The molecular formula is C11H10N2O3. The molecule has 1 aromatic carbocycles. The number of fused-ring (bicyclic) bond motifs is 1. The van der Waals surface area contributed by atoms with E-state index in [1.165, 1.54) is 19.2 Å². The zero-order chi connectivity index (χ0) is 11.7. The average Bonchev–Trinajstić information content (AvgIpc) is 2.27. The summed E-state index contributed by atoms with van der Waals surface area (Å²) in [4.78, 5) is 19.3. The van der Waals surface area contributed by atoms with Crippen LogP contribution in [0.2, 0.25) is 0 Å². The first-order chi connectivity index (χ1) is 7.61. The minimum Gasteiger partial charge on any atom is -0.494 e. The van der Waals surface area contributed by atoms with Gasteiger partial charge in [0.15, 0.2) is 0 Å². The van der Waals surface area contributed by atoms with E-state index in [1.807, 2.05) is 6.92 Å². The molecule has 0 saturated heterocycles. The molecule has 16 heavy (non-hydrogen) atoms. The van der Waals surface area contributed by atoms with Crippen LogP contribution in [0.15, 0.2) is 18.3 Å². The van der Waals surface area contributed by atoms with Gasteiger partial charge in [0, 0.05) is 6.20 Å². The van der Waals surface area contributed by atoms with Crippen LogP contribution in [0.1, 0.15) is 16.1 Å². The number of methoxy groups -OCH3 is 1. The summed E-state index contributed by atoms with van der Waals surface area (Å²) in [5.74, 6) is -0.589. The Bertz CT molecular complexity index is 566. The van der Waals surface area contributed by atoms with Gasteiger partial charge >= 0.3 is 5.97 Å². The summed E-state index contributed by atoms with van der Waals surface area (Å²) in [7, 11) is 1.48. The molecule has 0 fully saturated rings. The maximum Gasteiger partial charge on any atom is 0.335 e. The Balaban J connectivity index is 2.78. The fraction of sp³-hybridized carbons (Fsp3) is 0.182. The van der Waals surface area contributed by atoms with Gasteiger partial charge in [-0.25, -0.2) is 9.78 Å². The molecule has 1 N–H and O–H groups in total. The standard InChI is InChI=1S/C11H10N2O3/c1-6-5-12-8-3-7(11(14)15)4-9(16-2)10(8)13-6/h3-5H,1-2H3,(H,14,15). The number of nitrogens with zero attached hydrogens (tertiary/aromatic N) is 2. The molecule has 0 unspecified atom stereocenters. The molecule has 2 rings (SSSR count). The lowest BCUT2D eigenvalue weighted by atomic mass is 10.1. The zero-order valence-electron chi connectivity index (χ0n) is 8.89. The summed E-state index contributed by atoms with van der Waals surface area (Å²) in [6.07, 6.45) is 1.59. The summed E-state index contributed by atoms with van der Waals surface area (Å²) < 4.78 is 5.11. The second-order valence-corrected chi connectivity index (χ2v) is 3.36. The third-order valence-electron chi connectivity index (χ3n) is 2.20. The minimum absolute atomic E-state index is 0.141. The van der Waals surface area contributed by atoms with Crippen LogP contribution in [0, 0.1) is 6.92 Å². The summed E-state index contributed by atoms with van der Waals surface area (Å²) >= 11 is 0. The lowest BCUT2D eigenvalue weighted by Gasteiger charge is -2.06. The Hall–Kier alpha value is -2.17. The Morgan fingerprint density at radius 1 is 1.44 bits per heavy atom. The highest BCUT2D eigenvalue weighted by atomic mass is 16.5. The van der Waals surface area contributed by atoms with Crippen molar-refractivity contribution in [1.29, 1.82) is 0 Å². The molecule has 0 radical (unpaired) electrons. The second-order valence-electron chi connectivity index (χ2n) is 3.36. The van der Waals surface area contributed by atoms with E-state index in [9.17, 15) is 4.79 Å². The van der Waals surface area contributed by atoms with Crippen molar-refractivity contribution in [2.75, 3.05) is 7.11 Å². The number of carbonyl (C=O) groups is 1. The van der Waals surface area contributed by atoms with Gasteiger partial charge in [-0.3, -0.25) is 4.98 Å². The van der Waals surface area contributed by atoms with E-state index in [1.54, 1.807) is 6.20 Å². The second kappa shape index (κ2) is 3.77. The van der Waals surface area contributed by atoms with E-state index in [4.69, 9.17) is 9.84 Å². The number of rotatable bonds is 2. The van der Waals surface area contributed by atoms with Gasteiger partial charge in [-0.1, -0.05) is 0 Å². The van der Waals surface area contributed by atoms with E-state index in [0.29, 0.717) is 16.8 Å². The number of hydrogen-bond acceptors (Lipinski definition) is 4. The van der Waals surface area contributed by atoms with Gasteiger partial charge in [-0.2, -0.15) is 0 Å². The fourth-order valence-electron chi connectivity index (χ4n) is 1.45. The SMILES string of the molecule is COc1cc(C(=O)O)cc2ncc(C)nc12. The molecule has 5 nitrogen and oxygen atoms in total. The van der Waals surface area contributed by atoms with E-state index >= 15 is 0 Å². The molecule has 0 spiro atoms. The number of hydrogen-bond donors (Lipinski definition) is 1. The lowest BCUT2D eigenvalue weighted by molar-refractivity contribution is 0.0696. The number of benzene rings is 1. The Kier molecular flexibility index (Phi) is 2.44. The van der Waals surface area contributed by atoms with Gasteiger partial charge in [-0.15, -0.1) is 0 Å². The molecule has 1 heterocycles. The quantitative estimate of drug-likeness (QED) is 0.829. The number of aromatic nitrogens is 2. The zero-order valence-corrected chi connectivity index (χ0v) is 8.89. The number of carboxylic acids is 1. The van der Waals surface area contributed by atoms with Crippen LogP contribution in [0.4, 0.5) is 0 Å². The molecule has 0 aliphatic heterocycles. The van der Waals surface area contributed by atoms with Crippen LogP contribution < -0.4 is 4.74 Å². The van der Waals surface area contributed by atoms with Crippen molar-refractivity contribution in [2.24, 2.45) is 0 Å². The predicted molar refractivity (Wildman–Crippen MR) is 57.8 cm³/mol. The first kappa shape index (κ1) is 10.4. The number of carboxylic acid groups (broad SMARTS) is 1. The van der Waals surface area contributed by atoms with Gasteiger partial charge in [-0.05, 0) is 19.1 Å². The minimum atomic E-state index is -1.01. The molecule has 2 aromatic rings. The molecule has 5 heteroatoms. The fourth-order valence-corrected chi connectivity index (χ4v) is 1.45. The number of aryl methyl sites for hydroxylation is 1. The van der Waals surface area contributed by atoms with Crippen molar-refractivity contribution in [3.63, 3.8) is 0 Å². The summed E-state index contributed by atoms with van der Waals surface area (Å²) in [6.45, 7) is 1.82. The summed E-state index contributed by atoms with van der Waals surface area (Å²) in [5.41, 5.74) is 1.99. The molecule has 82 valence electrons. The smallest absolute Gasteiger partial charge is 0.335 e. The molecule has 0 saturated carbocycles. The van der Waals surface area contributed by atoms with Gasteiger partial charge in [0.1, 0.15) is 11.3 Å². The molecule has 0 aliphatic carbocycles. The third kappa shape index (κ3) is 1.67. The normalized spacial score (nSPS) is 10.4. The first-order valence-corrected chi connectivity index (χ1v) is 4.66. The van der Waals surface area contributed by atoms with Crippen LogP contribution in [0.25, 0.3) is 11.0 Å². The summed E-state index contributed by atoms with van der Waals surface area (Å²) in [5, 5.41) is 8.92. The molecule has 0 bridgehead atoms. The van der Waals surface area contributed by atoms with Crippen molar-refractivity contribution in [3.05, 3.63) is 29.6 Å². The van der Waals surface area contributed by atoms with E-state index in [-0.39, 0.29) is 5.56 Å². The highest BCUT2D eigenvalue weighted by molar-refractivity contribution is 5.94. The van der Waals surface area contributed by atoms with Gasteiger partial charge in [0.2, 0.25) is 0 Å². The van der Waals surface area contributed by atoms with Crippen LogP contribution in [-0.2, 0) is 0 Å². The molecule has 0 aliphatic rings. The van der Waals surface area contributed by atoms with Gasteiger partial charge in [0.05, 0.1) is 23.9 Å². The molecule has 0 amide bonds. The monoisotopic (exact) mass is 218 g/mol.